The van der Waals surface area contributed by atoms with Crippen LogP contribution in [0.2, 0.25) is 0 Å². The Morgan fingerprint density at radius 2 is 1.80 bits per heavy atom. The third kappa shape index (κ3) is 3.20. The Balaban J connectivity index is 2.26. The summed E-state index contributed by atoms with van der Waals surface area (Å²) in [4.78, 5) is 0. The maximum atomic E-state index is 12.9. The number of nitrogens with zero attached hydrogens (tertiary/aromatic N) is 4. The average Bonchev–Trinajstić information content (AvgIpc) is 2.94. The Hall–Kier alpha value is -2.51. The second-order valence-corrected chi connectivity index (χ2v) is 6.38. The molecular weight excluding hydrogens is 333 g/mol. The molecule has 134 valence electrons. The fraction of sp³-hybridized carbons (Fsp3) is 0.412. The van der Waals surface area contributed by atoms with Gasteiger partial charge in [0.1, 0.15) is 5.69 Å². The smallest absolute Gasteiger partial charge is 0.403 e. The molecule has 2 heterocycles. The van der Waals surface area contributed by atoms with Crippen LogP contribution < -0.4 is 4.74 Å². The molecule has 0 saturated carbocycles. The summed E-state index contributed by atoms with van der Waals surface area (Å²) in [7, 11) is 1.71. The highest BCUT2D eigenvalue weighted by Crippen LogP contribution is 2.35. The molecule has 8 heteroatoms. The fourth-order valence-corrected chi connectivity index (χ4v) is 3.26. The average molecular weight is 352 g/mol. The molecule has 0 fully saturated rings. The third-order valence-corrected chi connectivity index (χ3v) is 4.08. The minimum atomic E-state index is -4.80. The summed E-state index contributed by atoms with van der Waals surface area (Å²) >= 11 is 0. The van der Waals surface area contributed by atoms with Crippen LogP contribution in [0.25, 0.3) is 16.6 Å². The normalized spacial score (nSPS) is 12.4. The molecule has 25 heavy (non-hydrogen) atoms. The van der Waals surface area contributed by atoms with Crippen LogP contribution in [0.15, 0.2) is 18.3 Å². The molecule has 3 rings (SSSR count). The minimum absolute atomic E-state index is 0.211. The van der Waals surface area contributed by atoms with E-state index in [0.29, 0.717) is 10.9 Å². The lowest BCUT2D eigenvalue weighted by atomic mass is 10.0. The van der Waals surface area contributed by atoms with Gasteiger partial charge in [0.15, 0.2) is 5.75 Å². The van der Waals surface area contributed by atoms with Crippen molar-refractivity contribution in [3.05, 3.63) is 35.3 Å². The van der Waals surface area contributed by atoms with Crippen molar-refractivity contribution >= 4 is 10.9 Å². The van der Waals surface area contributed by atoms with Gasteiger partial charge in [-0.1, -0.05) is 13.8 Å². The van der Waals surface area contributed by atoms with Crippen molar-refractivity contribution in [2.45, 2.75) is 40.0 Å². The zero-order valence-corrected chi connectivity index (χ0v) is 14.6. The highest BCUT2D eigenvalue weighted by atomic mass is 19.4. The number of ether oxygens (including phenoxy) is 1. The van der Waals surface area contributed by atoms with Crippen molar-refractivity contribution in [3.63, 3.8) is 0 Å². The number of aromatic nitrogens is 4. The fourth-order valence-electron chi connectivity index (χ4n) is 3.26. The molecule has 5 nitrogen and oxygen atoms in total. The molecule has 0 amide bonds. The van der Waals surface area contributed by atoms with Crippen LogP contribution >= 0.6 is 0 Å². The number of aryl methyl sites for hydroxylation is 2. The van der Waals surface area contributed by atoms with E-state index < -0.39 is 6.36 Å². The lowest BCUT2D eigenvalue weighted by Crippen LogP contribution is -2.18. The summed E-state index contributed by atoms with van der Waals surface area (Å²) in [5.74, 6) is -0.109. The van der Waals surface area contributed by atoms with E-state index in [1.807, 2.05) is 27.7 Å². The molecule has 0 bridgehead atoms. The number of hydrogen-bond donors (Lipinski definition) is 0. The van der Waals surface area contributed by atoms with Crippen molar-refractivity contribution in [1.29, 1.82) is 0 Å². The molecule has 0 aliphatic rings. The maximum absolute atomic E-state index is 12.9. The number of hydrogen-bond acceptors (Lipinski definition) is 3. The zero-order valence-electron chi connectivity index (χ0n) is 14.6. The molecule has 2 aromatic heterocycles. The van der Waals surface area contributed by atoms with Gasteiger partial charge in [-0.05, 0) is 31.4 Å². The molecular formula is C17H19F3N4O. The highest BCUT2D eigenvalue weighted by molar-refractivity contribution is 5.83. The number of rotatable bonds is 3. The van der Waals surface area contributed by atoms with E-state index in [0.717, 1.165) is 17.0 Å². The van der Waals surface area contributed by atoms with Crippen LogP contribution in [0.3, 0.4) is 0 Å². The Morgan fingerprint density at radius 3 is 2.36 bits per heavy atom. The Morgan fingerprint density at radius 1 is 1.12 bits per heavy atom. The molecule has 1 aromatic carbocycles. The second-order valence-electron chi connectivity index (χ2n) is 6.38. The van der Waals surface area contributed by atoms with E-state index in [9.17, 15) is 13.2 Å². The zero-order chi connectivity index (χ0) is 18.5. The molecule has 0 unspecified atom stereocenters. The van der Waals surface area contributed by atoms with Crippen molar-refractivity contribution in [2.24, 2.45) is 7.05 Å². The maximum Gasteiger partial charge on any atom is 0.573 e. The molecule has 0 aliphatic heterocycles. The Labute approximate surface area is 143 Å². The summed E-state index contributed by atoms with van der Waals surface area (Å²) < 4.78 is 46.0. The third-order valence-electron chi connectivity index (χ3n) is 4.08. The van der Waals surface area contributed by atoms with Crippen molar-refractivity contribution in [3.8, 4) is 11.4 Å². The molecule has 0 aliphatic carbocycles. The molecule has 0 N–H and O–H groups in total. The highest BCUT2D eigenvalue weighted by Gasteiger charge is 2.33. The van der Waals surface area contributed by atoms with E-state index in [4.69, 9.17) is 0 Å². The first kappa shape index (κ1) is 17.3. The summed E-state index contributed by atoms with van der Waals surface area (Å²) in [6, 6.07) is 2.91. The SMILES string of the molecule is Cc1nn(-c2cc3cn(C)nc3cc2OC(F)(F)F)c(C)c1C(C)C. The van der Waals surface area contributed by atoms with Gasteiger partial charge < -0.3 is 4.74 Å². The van der Waals surface area contributed by atoms with Gasteiger partial charge in [0, 0.05) is 30.4 Å². The van der Waals surface area contributed by atoms with E-state index >= 15 is 0 Å². The van der Waals surface area contributed by atoms with Gasteiger partial charge in [-0.25, -0.2) is 4.68 Å². The topological polar surface area (TPSA) is 44.9 Å². The lowest BCUT2D eigenvalue weighted by Gasteiger charge is -2.15. The Kier molecular flexibility index (Phi) is 4.01. The van der Waals surface area contributed by atoms with Gasteiger partial charge >= 0.3 is 6.36 Å². The molecule has 3 aromatic rings. The Bertz CT molecular complexity index is 938. The van der Waals surface area contributed by atoms with E-state index in [2.05, 4.69) is 14.9 Å². The number of alkyl halides is 3. The van der Waals surface area contributed by atoms with Gasteiger partial charge in [0.05, 0.1) is 11.2 Å². The van der Waals surface area contributed by atoms with Gasteiger partial charge in [-0.15, -0.1) is 13.2 Å². The van der Waals surface area contributed by atoms with Crippen LogP contribution in [0, 0.1) is 13.8 Å². The molecule has 0 atom stereocenters. The van der Waals surface area contributed by atoms with Crippen LogP contribution in [0.1, 0.15) is 36.7 Å². The first-order valence-electron chi connectivity index (χ1n) is 7.86. The summed E-state index contributed by atoms with van der Waals surface area (Å²) in [5, 5.41) is 9.31. The minimum Gasteiger partial charge on any atom is -0.403 e. The molecule has 0 spiro atoms. The first-order chi connectivity index (χ1) is 11.6. The molecule has 0 radical (unpaired) electrons. The van der Waals surface area contributed by atoms with Gasteiger partial charge in [0.25, 0.3) is 0 Å². The largest absolute Gasteiger partial charge is 0.573 e. The predicted molar refractivity (Wildman–Crippen MR) is 88.1 cm³/mol. The van der Waals surface area contributed by atoms with Gasteiger partial charge in [0.2, 0.25) is 0 Å². The van der Waals surface area contributed by atoms with E-state index in [1.54, 1.807) is 24.0 Å². The lowest BCUT2D eigenvalue weighted by molar-refractivity contribution is -0.274. The van der Waals surface area contributed by atoms with Gasteiger partial charge in [-0.3, -0.25) is 4.68 Å². The molecule has 0 saturated heterocycles. The van der Waals surface area contributed by atoms with E-state index in [1.165, 1.54) is 10.7 Å². The van der Waals surface area contributed by atoms with Gasteiger partial charge in [-0.2, -0.15) is 10.2 Å². The van der Waals surface area contributed by atoms with Crippen LogP contribution in [-0.4, -0.2) is 25.9 Å². The first-order valence-corrected chi connectivity index (χ1v) is 7.86. The van der Waals surface area contributed by atoms with Crippen LogP contribution in [0.5, 0.6) is 5.75 Å². The summed E-state index contributed by atoms with van der Waals surface area (Å²) in [6.07, 6.45) is -3.06. The standard InChI is InChI=1S/C17H19F3N4O/c1-9(2)16-10(3)21-24(11(16)4)14-6-12-8-23(5)22-13(12)7-15(14)25-17(18,19)20/h6-9H,1-5H3. The van der Waals surface area contributed by atoms with Crippen molar-refractivity contribution < 1.29 is 17.9 Å². The number of halogens is 3. The number of fused-ring (bicyclic) bond motifs is 1. The van der Waals surface area contributed by atoms with Crippen molar-refractivity contribution in [2.75, 3.05) is 0 Å². The number of benzene rings is 1. The predicted octanol–water partition coefficient (Wildman–Crippen LogP) is 4.40. The van der Waals surface area contributed by atoms with Crippen LogP contribution in [-0.2, 0) is 7.05 Å². The summed E-state index contributed by atoms with van der Waals surface area (Å²) in [6.45, 7) is 7.75. The monoisotopic (exact) mass is 352 g/mol. The van der Waals surface area contributed by atoms with E-state index in [-0.39, 0.29) is 17.4 Å². The second kappa shape index (κ2) is 5.79. The van der Waals surface area contributed by atoms with Crippen molar-refractivity contribution in [1.82, 2.24) is 19.6 Å². The quantitative estimate of drug-likeness (QED) is 0.702. The van der Waals surface area contributed by atoms with Crippen LogP contribution in [0.4, 0.5) is 13.2 Å². The summed E-state index contributed by atoms with van der Waals surface area (Å²) in [5.41, 5.74) is 3.27.